The minimum Gasteiger partial charge on any atom is -0.368 e. The van der Waals surface area contributed by atoms with E-state index in [0.29, 0.717) is 28.5 Å². The highest BCUT2D eigenvalue weighted by Gasteiger charge is 2.53. The molecule has 0 bridgehead atoms. The Labute approximate surface area is 170 Å². The van der Waals surface area contributed by atoms with Crippen LogP contribution in [0.15, 0.2) is 36.4 Å². The fourth-order valence-corrected chi connectivity index (χ4v) is 3.80. The van der Waals surface area contributed by atoms with E-state index in [1.54, 1.807) is 18.2 Å². The number of carbonyl (C=O) groups is 2. The second kappa shape index (κ2) is 7.66. The maximum atomic E-state index is 14.0. The number of amides is 2. The molecule has 3 rings (SSSR count). The molecule has 0 saturated heterocycles. The summed E-state index contributed by atoms with van der Waals surface area (Å²) in [7, 11) is 0. The van der Waals surface area contributed by atoms with Crippen molar-refractivity contribution in [3.63, 3.8) is 0 Å². The van der Waals surface area contributed by atoms with E-state index in [1.807, 2.05) is 0 Å². The first-order valence-corrected chi connectivity index (χ1v) is 9.36. The Kier molecular flexibility index (Phi) is 5.65. The summed E-state index contributed by atoms with van der Waals surface area (Å²) in [6, 6.07) is 7.99. The second-order valence-electron chi connectivity index (χ2n) is 6.57. The number of hydrogen-bond donors (Lipinski definition) is 2. The fourth-order valence-electron chi connectivity index (χ4n) is 3.05. The van der Waals surface area contributed by atoms with Crippen LogP contribution in [0.1, 0.15) is 24.0 Å². The third-order valence-corrected chi connectivity index (χ3v) is 5.50. The Morgan fingerprint density at radius 1 is 1.11 bits per heavy atom. The van der Waals surface area contributed by atoms with Gasteiger partial charge in [0.05, 0.1) is 5.41 Å². The molecule has 0 spiro atoms. The van der Waals surface area contributed by atoms with Crippen LogP contribution in [0.5, 0.6) is 0 Å². The van der Waals surface area contributed by atoms with Crippen LogP contribution in [0.3, 0.4) is 0 Å². The summed E-state index contributed by atoms with van der Waals surface area (Å²) >= 11 is 17.9. The van der Waals surface area contributed by atoms with E-state index in [0.717, 1.165) is 6.07 Å². The lowest BCUT2D eigenvalue weighted by atomic mass is 9.94. The Morgan fingerprint density at radius 2 is 1.74 bits per heavy atom. The Hall–Kier alpha value is -1.82. The largest absolute Gasteiger partial charge is 0.368 e. The number of nitrogens with two attached hydrogens (primary N) is 1. The number of nitrogens with one attached hydrogen (secondary N) is 1. The quantitative estimate of drug-likeness (QED) is 0.728. The highest BCUT2D eigenvalue weighted by atomic mass is 35.5. The molecule has 0 aliphatic heterocycles. The number of benzene rings is 2. The monoisotopic (exact) mass is 428 g/mol. The summed E-state index contributed by atoms with van der Waals surface area (Å²) in [5.41, 5.74) is 5.47. The van der Waals surface area contributed by atoms with Gasteiger partial charge in [0.1, 0.15) is 11.9 Å². The number of carbonyl (C=O) groups excluding carboxylic acids is 2. The minimum absolute atomic E-state index is 0.0749. The predicted octanol–water partition coefficient (Wildman–Crippen LogP) is 4.03. The van der Waals surface area contributed by atoms with Crippen molar-refractivity contribution in [1.82, 2.24) is 5.32 Å². The maximum Gasteiger partial charge on any atom is 0.240 e. The third-order valence-electron chi connectivity index (χ3n) is 4.72. The highest BCUT2D eigenvalue weighted by Crippen LogP contribution is 2.51. The molecular weight excluding hydrogens is 414 g/mol. The molecule has 0 aromatic heterocycles. The van der Waals surface area contributed by atoms with Crippen LogP contribution in [0.2, 0.25) is 15.1 Å². The average Bonchev–Trinajstić information content (AvgIpc) is 3.37. The molecule has 0 radical (unpaired) electrons. The standard InChI is InChI=1S/C19H16Cl3FN2O2/c20-11-3-4-13(14(22)8-11)19(5-6-19)18(27)25-16(17(24)26)7-10-1-2-12(21)9-15(10)23/h1-4,8-9,16H,5-7H2,(H2,24,26)(H,25,27). The van der Waals surface area contributed by atoms with Gasteiger partial charge in [-0.25, -0.2) is 4.39 Å². The van der Waals surface area contributed by atoms with Gasteiger partial charge in [0.25, 0.3) is 0 Å². The normalized spacial score (nSPS) is 15.9. The molecule has 1 unspecified atom stereocenters. The van der Waals surface area contributed by atoms with Crippen LogP contribution in [0.25, 0.3) is 0 Å². The summed E-state index contributed by atoms with van der Waals surface area (Å²) in [5, 5.41) is 3.74. The molecule has 142 valence electrons. The average molecular weight is 430 g/mol. The molecular formula is C19H16Cl3FN2O2. The van der Waals surface area contributed by atoms with E-state index >= 15 is 0 Å². The first-order chi connectivity index (χ1) is 12.7. The van der Waals surface area contributed by atoms with Crippen molar-refractivity contribution in [3.8, 4) is 0 Å². The number of primary amides is 1. The van der Waals surface area contributed by atoms with E-state index in [2.05, 4.69) is 5.32 Å². The van der Waals surface area contributed by atoms with E-state index in [1.165, 1.54) is 12.1 Å². The van der Waals surface area contributed by atoms with Crippen LogP contribution < -0.4 is 11.1 Å². The number of hydrogen-bond acceptors (Lipinski definition) is 2. The van der Waals surface area contributed by atoms with Crippen LogP contribution in [0.4, 0.5) is 4.39 Å². The molecule has 3 N–H and O–H groups in total. The van der Waals surface area contributed by atoms with Crippen molar-refractivity contribution in [2.75, 3.05) is 0 Å². The molecule has 2 amide bonds. The van der Waals surface area contributed by atoms with Gasteiger partial charge in [-0.3, -0.25) is 9.59 Å². The van der Waals surface area contributed by atoms with Crippen LogP contribution in [0, 0.1) is 5.82 Å². The molecule has 27 heavy (non-hydrogen) atoms. The van der Waals surface area contributed by atoms with Gasteiger partial charge in [-0.15, -0.1) is 0 Å². The van der Waals surface area contributed by atoms with Gasteiger partial charge in [0.15, 0.2) is 0 Å². The molecule has 2 aromatic rings. The first-order valence-electron chi connectivity index (χ1n) is 8.23. The zero-order chi connectivity index (χ0) is 19.8. The molecule has 1 saturated carbocycles. The molecule has 1 fully saturated rings. The van der Waals surface area contributed by atoms with Crippen molar-refractivity contribution in [2.45, 2.75) is 30.7 Å². The Balaban J connectivity index is 1.80. The lowest BCUT2D eigenvalue weighted by molar-refractivity contribution is -0.128. The number of rotatable bonds is 6. The fraction of sp³-hybridized carbons (Fsp3) is 0.263. The summed E-state index contributed by atoms with van der Waals surface area (Å²) in [5.74, 6) is -1.69. The van der Waals surface area contributed by atoms with Gasteiger partial charge < -0.3 is 11.1 Å². The van der Waals surface area contributed by atoms with Gasteiger partial charge in [-0.1, -0.05) is 46.9 Å². The van der Waals surface area contributed by atoms with Crippen LogP contribution >= 0.6 is 34.8 Å². The van der Waals surface area contributed by atoms with Crippen molar-refractivity contribution < 1.29 is 14.0 Å². The lowest BCUT2D eigenvalue weighted by Gasteiger charge is -2.22. The SMILES string of the molecule is NC(=O)C(Cc1ccc(Cl)cc1F)NC(=O)C1(c2ccc(Cl)cc2Cl)CC1. The third kappa shape index (κ3) is 4.21. The van der Waals surface area contributed by atoms with Crippen LogP contribution in [-0.2, 0) is 21.4 Å². The molecule has 0 heterocycles. The highest BCUT2D eigenvalue weighted by molar-refractivity contribution is 6.35. The summed E-state index contributed by atoms with van der Waals surface area (Å²) in [6.45, 7) is 0. The maximum absolute atomic E-state index is 14.0. The Bertz CT molecular complexity index is 916. The molecule has 1 aliphatic carbocycles. The van der Waals surface area contributed by atoms with Gasteiger partial charge in [-0.2, -0.15) is 0 Å². The van der Waals surface area contributed by atoms with E-state index < -0.39 is 23.2 Å². The zero-order valence-electron chi connectivity index (χ0n) is 14.1. The topological polar surface area (TPSA) is 72.2 Å². The van der Waals surface area contributed by atoms with Gasteiger partial charge in [0, 0.05) is 21.5 Å². The Morgan fingerprint density at radius 3 is 2.30 bits per heavy atom. The summed E-state index contributed by atoms with van der Waals surface area (Å²) in [4.78, 5) is 24.7. The van der Waals surface area contributed by atoms with E-state index in [-0.39, 0.29) is 22.9 Å². The smallest absolute Gasteiger partial charge is 0.240 e. The molecule has 1 atom stereocenters. The lowest BCUT2D eigenvalue weighted by Crippen LogP contribution is -2.49. The molecule has 1 aliphatic rings. The van der Waals surface area contributed by atoms with Crippen molar-refractivity contribution in [2.24, 2.45) is 5.73 Å². The van der Waals surface area contributed by atoms with E-state index in [4.69, 9.17) is 40.5 Å². The molecule has 4 nitrogen and oxygen atoms in total. The van der Waals surface area contributed by atoms with Crippen molar-refractivity contribution in [3.05, 3.63) is 68.4 Å². The van der Waals surface area contributed by atoms with Gasteiger partial charge in [-0.05, 0) is 48.2 Å². The first kappa shape index (κ1) is 19.9. The van der Waals surface area contributed by atoms with Crippen molar-refractivity contribution >= 4 is 46.6 Å². The van der Waals surface area contributed by atoms with Gasteiger partial charge in [0.2, 0.25) is 11.8 Å². The van der Waals surface area contributed by atoms with E-state index in [9.17, 15) is 14.0 Å². The second-order valence-corrected chi connectivity index (χ2v) is 7.85. The summed E-state index contributed by atoms with van der Waals surface area (Å²) < 4.78 is 14.0. The molecule has 8 heteroatoms. The van der Waals surface area contributed by atoms with Crippen molar-refractivity contribution in [1.29, 1.82) is 0 Å². The minimum atomic E-state index is -1.06. The summed E-state index contributed by atoms with van der Waals surface area (Å²) in [6.07, 6.45) is 1.09. The van der Waals surface area contributed by atoms with Gasteiger partial charge >= 0.3 is 0 Å². The number of halogens is 4. The molecule has 2 aromatic carbocycles. The zero-order valence-corrected chi connectivity index (χ0v) is 16.3. The van der Waals surface area contributed by atoms with Crippen LogP contribution in [-0.4, -0.2) is 17.9 Å². The predicted molar refractivity (Wildman–Crippen MR) is 104 cm³/mol.